The minimum absolute atomic E-state index is 0. The summed E-state index contributed by atoms with van der Waals surface area (Å²) in [6.45, 7) is 8.49. The van der Waals surface area contributed by atoms with Crippen LogP contribution in [-0.2, 0) is 18.3 Å². The highest BCUT2D eigenvalue weighted by atomic mass is 127. The van der Waals surface area contributed by atoms with Crippen LogP contribution in [0.3, 0.4) is 0 Å². The van der Waals surface area contributed by atoms with Gasteiger partial charge in [-0.2, -0.15) is 0 Å². The zero-order valence-corrected chi connectivity index (χ0v) is 19.4. The second-order valence-corrected chi connectivity index (χ2v) is 6.56. The molecule has 0 radical (unpaired) electrons. The fourth-order valence-corrected chi connectivity index (χ4v) is 2.50. The predicted octanol–water partition coefficient (Wildman–Crippen LogP) is 3.17. The van der Waals surface area contributed by atoms with Crippen LogP contribution in [0.5, 0.6) is 0 Å². The number of aliphatic imine (C=N–C) groups is 1. The van der Waals surface area contributed by atoms with Crippen molar-refractivity contribution in [2.45, 2.75) is 71.9 Å². The molecule has 1 unspecified atom stereocenters. The summed E-state index contributed by atoms with van der Waals surface area (Å²) >= 11 is 0. The van der Waals surface area contributed by atoms with Gasteiger partial charge in [0.2, 0.25) is 0 Å². The Morgan fingerprint density at radius 2 is 2.00 bits per heavy atom. The van der Waals surface area contributed by atoms with E-state index in [0.29, 0.717) is 12.6 Å². The van der Waals surface area contributed by atoms with Crippen molar-refractivity contribution in [2.75, 3.05) is 20.3 Å². The number of hydrogen-bond acceptors (Lipinski definition) is 4. The summed E-state index contributed by atoms with van der Waals surface area (Å²) in [4.78, 5) is 4.68. The second kappa shape index (κ2) is 15.2. The highest BCUT2D eigenvalue weighted by Gasteiger charge is 2.08. The molecule has 152 valence electrons. The molecular weight excluding hydrogens is 443 g/mol. The summed E-state index contributed by atoms with van der Waals surface area (Å²) in [6, 6.07) is 0.395. The highest BCUT2D eigenvalue weighted by molar-refractivity contribution is 14.0. The van der Waals surface area contributed by atoms with Crippen molar-refractivity contribution in [3.63, 3.8) is 0 Å². The maximum absolute atomic E-state index is 5.11. The number of guanidine groups is 1. The van der Waals surface area contributed by atoms with E-state index in [9.17, 15) is 0 Å². The van der Waals surface area contributed by atoms with Crippen LogP contribution in [0.25, 0.3) is 0 Å². The molecule has 1 heterocycles. The van der Waals surface area contributed by atoms with Gasteiger partial charge in [-0.1, -0.05) is 32.6 Å². The molecule has 0 aliphatic heterocycles. The van der Waals surface area contributed by atoms with Crippen molar-refractivity contribution in [3.05, 3.63) is 11.6 Å². The predicted molar refractivity (Wildman–Crippen MR) is 118 cm³/mol. The molecule has 26 heavy (non-hydrogen) atoms. The number of halogens is 1. The van der Waals surface area contributed by atoms with Crippen LogP contribution in [0.1, 0.15) is 64.0 Å². The third-order valence-corrected chi connectivity index (χ3v) is 4.25. The number of ether oxygens (including phenoxy) is 1. The quantitative estimate of drug-likeness (QED) is 0.208. The minimum Gasteiger partial charge on any atom is -0.385 e. The molecule has 0 aliphatic rings. The molecular formula is C18H37IN6O. The van der Waals surface area contributed by atoms with Crippen LogP contribution in [0.15, 0.2) is 4.99 Å². The summed E-state index contributed by atoms with van der Waals surface area (Å²) in [7, 11) is 3.69. The van der Waals surface area contributed by atoms with Gasteiger partial charge in [-0.3, -0.25) is 0 Å². The zero-order chi connectivity index (χ0) is 18.5. The van der Waals surface area contributed by atoms with Crippen molar-refractivity contribution in [2.24, 2.45) is 12.0 Å². The van der Waals surface area contributed by atoms with Gasteiger partial charge in [-0.25, -0.2) is 4.99 Å². The Bertz CT molecular complexity index is 506. The lowest BCUT2D eigenvalue weighted by Gasteiger charge is -2.18. The van der Waals surface area contributed by atoms with Gasteiger partial charge in [0.25, 0.3) is 0 Å². The number of rotatable bonds is 12. The first-order valence-corrected chi connectivity index (χ1v) is 9.47. The SMILES string of the molecule is CCCCCCC(C)NC(=NCc1nnc(C)n1C)NCCCOC.I. The van der Waals surface area contributed by atoms with Gasteiger partial charge < -0.3 is 19.9 Å². The average molecular weight is 480 g/mol. The van der Waals surface area contributed by atoms with Gasteiger partial charge in [-0.15, -0.1) is 34.2 Å². The Morgan fingerprint density at radius 3 is 2.62 bits per heavy atom. The molecule has 0 spiro atoms. The van der Waals surface area contributed by atoms with E-state index in [0.717, 1.165) is 43.6 Å². The van der Waals surface area contributed by atoms with E-state index in [2.05, 4.69) is 39.7 Å². The van der Waals surface area contributed by atoms with Gasteiger partial charge in [0, 0.05) is 33.4 Å². The summed E-state index contributed by atoms with van der Waals surface area (Å²) in [6.07, 6.45) is 7.24. The molecule has 0 amide bonds. The lowest BCUT2D eigenvalue weighted by atomic mass is 10.1. The first kappa shape index (κ1) is 25.1. The minimum atomic E-state index is 0. The molecule has 0 aliphatic carbocycles. The average Bonchev–Trinajstić information content (AvgIpc) is 2.92. The standard InChI is InChI=1S/C18H36N6O.HI/c1-6-7-8-9-11-15(2)21-18(19-12-10-13-25-5)20-14-17-23-22-16(3)24(17)4;/h15H,6-14H2,1-5H3,(H2,19,20,21);1H. The van der Waals surface area contributed by atoms with Crippen molar-refractivity contribution in [1.82, 2.24) is 25.4 Å². The van der Waals surface area contributed by atoms with E-state index >= 15 is 0 Å². The fraction of sp³-hybridized carbons (Fsp3) is 0.833. The second-order valence-electron chi connectivity index (χ2n) is 6.56. The summed E-state index contributed by atoms with van der Waals surface area (Å²) in [5, 5.41) is 15.2. The van der Waals surface area contributed by atoms with E-state index in [1.165, 1.54) is 25.7 Å². The first-order chi connectivity index (χ1) is 12.1. The van der Waals surface area contributed by atoms with E-state index in [4.69, 9.17) is 4.74 Å². The molecule has 1 aromatic heterocycles. The van der Waals surface area contributed by atoms with Crippen LogP contribution < -0.4 is 10.6 Å². The molecule has 0 bridgehead atoms. The maximum atomic E-state index is 5.11. The van der Waals surface area contributed by atoms with Crippen LogP contribution in [0.2, 0.25) is 0 Å². The molecule has 1 atom stereocenters. The Hall–Kier alpha value is -0.900. The van der Waals surface area contributed by atoms with Crippen molar-refractivity contribution in [3.8, 4) is 0 Å². The third-order valence-electron chi connectivity index (χ3n) is 4.25. The summed E-state index contributed by atoms with van der Waals surface area (Å²) < 4.78 is 7.08. The molecule has 7 nitrogen and oxygen atoms in total. The lowest BCUT2D eigenvalue weighted by molar-refractivity contribution is 0.195. The lowest BCUT2D eigenvalue weighted by Crippen LogP contribution is -2.42. The van der Waals surface area contributed by atoms with Crippen molar-refractivity contribution < 1.29 is 4.74 Å². The highest BCUT2D eigenvalue weighted by Crippen LogP contribution is 2.05. The van der Waals surface area contributed by atoms with E-state index < -0.39 is 0 Å². The van der Waals surface area contributed by atoms with E-state index in [1.54, 1.807) is 7.11 Å². The number of hydrogen-bond donors (Lipinski definition) is 2. The van der Waals surface area contributed by atoms with Crippen LogP contribution in [-0.4, -0.2) is 47.0 Å². The van der Waals surface area contributed by atoms with Gasteiger partial charge in [0.05, 0.1) is 0 Å². The molecule has 2 N–H and O–H groups in total. The maximum Gasteiger partial charge on any atom is 0.191 e. The first-order valence-electron chi connectivity index (χ1n) is 9.47. The number of unbranched alkanes of at least 4 members (excludes halogenated alkanes) is 3. The van der Waals surface area contributed by atoms with Gasteiger partial charge in [0.1, 0.15) is 12.4 Å². The third kappa shape index (κ3) is 10.3. The Kier molecular flexibility index (Phi) is 14.7. The summed E-state index contributed by atoms with van der Waals surface area (Å²) in [5.41, 5.74) is 0. The number of methoxy groups -OCH3 is 1. The zero-order valence-electron chi connectivity index (χ0n) is 17.0. The number of aromatic nitrogens is 3. The normalized spacial score (nSPS) is 12.6. The molecule has 0 saturated carbocycles. The van der Waals surface area contributed by atoms with Crippen LogP contribution >= 0.6 is 24.0 Å². The van der Waals surface area contributed by atoms with Crippen molar-refractivity contribution >= 4 is 29.9 Å². The molecule has 8 heteroatoms. The number of nitrogens with one attached hydrogen (secondary N) is 2. The topological polar surface area (TPSA) is 76.4 Å². The van der Waals surface area contributed by atoms with Gasteiger partial charge >= 0.3 is 0 Å². The monoisotopic (exact) mass is 480 g/mol. The van der Waals surface area contributed by atoms with Crippen LogP contribution in [0.4, 0.5) is 0 Å². The van der Waals surface area contributed by atoms with Gasteiger partial charge in [0.15, 0.2) is 11.8 Å². The molecule has 0 aromatic carbocycles. The Labute approximate surface area is 175 Å². The Balaban J connectivity index is 0.00000625. The fourth-order valence-electron chi connectivity index (χ4n) is 2.50. The number of aryl methyl sites for hydroxylation is 1. The Morgan fingerprint density at radius 1 is 1.23 bits per heavy atom. The summed E-state index contributed by atoms with van der Waals surface area (Å²) in [5.74, 6) is 2.60. The molecule has 1 aromatic rings. The molecule has 1 rings (SSSR count). The van der Waals surface area contributed by atoms with Crippen molar-refractivity contribution in [1.29, 1.82) is 0 Å². The number of nitrogens with zero attached hydrogens (tertiary/aromatic N) is 4. The largest absolute Gasteiger partial charge is 0.385 e. The van der Waals surface area contributed by atoms with Crippen LogP contribution in [0, 0.1) is 6.92 Å². The molecule has 0 saturated heterocycles. The van der Waals surface area contributed by atoms with Gasteiger partial charge in [-0.05, 0) is 26.7 Å². The van der Waals surface area contributed by atoms with E-state index in [1.807, 2.05) is 18.5 Å². The molecule has 0 fully saturated rings. The van der Waals surface area contributed by atoms with E-state index in [-0.39, 0.29) is 24.0 Å². The smallest absolute Gasteiger partial charge is 0.191 e.